The third-order valence-electron chi connectivity index (χ3n) is 4.10. The smallest absolute Gasteiger partial charge is 0.254 e. The number of carbonyl (C=O) groups is 1. The topological polar surface area (TPSA) is 49.0 Å². The van der Waals surface area contributed by atoms with E-state index in [1.165, 1.54) is 0 Å². The van der Waals surface area contributed by atoms with Crippen LogP contribution < -0.4 is 0 Å². The number of fused-ring (bicyclic) bond motifs is 3. The van der Waals surface area contributed by atoms with Gasteiger partial charge in [0.25, 0.3) is 5.91 Å². The summed E-state index contributed by atoms with van der Waals surface area (Å²) in [6.45, 7) is 1.30. The Labute approximate surface area is 144 Å². The van der Waals surface area contributed by atoms with Crippen LogP contribution in [0, 0.1) is 0 Å². The lowest BCUT2D eigenvalue weighted by molar-refractivity contribution is 0.0735. The zero-order valence-electron chi connectivity index (χ0n) is 12.3. The average Bonchev–Trinajstić information content (AvgIpc) is 2.92. The summed E-state index contributed by atoms with van der Waals surface area (Å²) >= 11 is 6.06. The second-order valence-electron chi connectivity index (χ2n) is 5.47. The maximum absolute atomic E-state index is 12.6. The van der Waals surface area contributed by atoms with Crippen LogP contribution in [0.5, 0.6) is 0 Å². The minimum absolute atomic E-state index is 0. The van der Waals surface area contributed by atoms with Gasteiger partial charge >= 0.3 is 0 Å². The van der Waals surface area contributed by atoms with Gasteiger partial charge in [-0.3, -0.25) is 4.79 Å². The van der Waals surface area contributed by atoms with Crippen molar-refractivity contribution in [2.75, 3.05) is 6.54 Å². The number of rotatable bonds is 1. The number of halogens is 2. The van der Waals surface area contributed by atoms with Gasteiger partial charge < -0.3 is 9.88 Å². The third kappa shape index (κ3) is 2.80. The molecule has 1 N–H and O–H groups in total. The van der Waals surface area contributed by atoms with Crippen LogP contribution in [0.25, 0.3) is 11.0 Å². The van der Waals surface area contributed by atoms with Gasteiger partial charge in [-0.25, -0.2) is 4.98 Å². The summed E-state index contributed by atoms with van der Waals surface area (Å²) < 4.78 is 0. The second kappa shape index (κ2) is 6.22. The quantitative estimate of drug-likeness (QED) is 0.726. The van der Waals surface area contributed by atoms with E-state index in [2.05, 4.69) is 9.97 Å². The van der Waals surface area contributed by atoms with Gasteiger partial charge in [-0.05, 0) is 18.2 Å². The monoisotopic (exact) mass is 347 g/mol. The SMILES string of the molecule is Cl.O=C(c1ccccc1)N1CCc2[nH]c3ncc(Cl)cc3c2C1. The maximum Gasteiger partial charge on any atom is 0.254 e. The summed E-state index contributed by atoms with van der Waals surface area (Å²) in [5, 5.41) is 1.62. The summed E-state index contributed by atoms with van der Waals surface area (Å²) in [5.41, 5.74) is 3.84. The van der Waals surface area contributed by atoms with Crippen LogP contribution in [0.2, 0.25) is 5.02 Å². The molecule has 0 aliphatic carbocycles. The predicted molar refractivity (Wildman–Crippen MR) is 93.2 cm³/mol. The Balaban J connectivity index is 0.00000156. The van der Waals surface area contributed by atoms with E-state index in [0.717, 1.165) is 34.3 Å². The molecule has 1 aliphatic rings. The van der Waals surface area contributed by atoms with Crippen molar-refractivity contribution in [1.29, 1.82) is 0 Å². The lowest BCUT2D eigenvalue weighted by Crippen LogP contribution is -2.35. The number of aromatic amines is 1. The van der Waals surface area contributed by atoms with Gasteiger partial charge in [0.1, 0.15) is 5.65 Å². The Hall–Kier alpha value is -2.04. The normalized spacial score (nSPS) is 13.5. The molecule has 0 fully saturated rings. The van der Waals surface area contributed by atoms with E-state index in [-0.39, 0.29) is 18.3 Å². The Kier molecular flexibility index (Phi) is 4.28. The minimum Gasteiger partial charge on any atom is -0.343 e. The molecule has 0 saturated heterocycles. The molecule has 6 heteroatoms. The number of carbonyl (C=O) groups excluding carboxylic acids is 1. The summed E-state index contributed by atoms with van der Waals surface area (Å²) in [6, 6.07) is 11.3. The standard InChI is InChI=1S/C17H14ClN3O.ClH/c18-12-8-13-14-10-21(17(22)11-4-2-1-3-5-11)7-6-15(14)20-16(13)19-9-12;/h1-5,8-9H,6-7,10H2,(H,19,20);1H. The van der Waals surface area contributed by atoms with Crippen LogP contribution in [0.15, 0.2) is 42.6 Å². The van der Waals surface area contributed by atoms with Crippen molar-refractivity contribution >= 4 is 40.9 Å². The minimum atomic E-state index is 0. The van der Waals surface area contributed by atoms with Crippen LogP contribution >= 0.6 is 24.0 Å². The molecule has 0 saturated carbocycles. The number of hydrogen-bond acceptors (Lipinski definition) is 2. The van der Waals surface area contributed by atoms with E-state index in [1.807, 2.05) is 41.3 Å². The molecule has 1 amide bonds. The van der Waals surface area contributed by atoms with E-state index in [9.17, 15) is 4.79 Å². The molecule has 23 heavy (non-hydrogen) atoms. The van der Waals surface area contributed by atoms with Gasteiger partial charge in [-0.15, -0.1) is 12.4 Å². The lowest BCUT2D eigenvalue weighted by Gasteiger charge is -2.27. The summed E-state index contributed by atoms with van der Waals surface area (Å²) in [6.07, 6.45) is 2.45. The fraction of sp³-hybridized carbons (Fsp3) is 0.176. The van der Waals surface area contributed by atoms with Gasteiger partial charge in [-0.2, -0.15) is 0 Å². The first kappa shape index (κ1) is 15.8. The van der Waals surface area contributed by atoms with Gasteiger partial charge in [0, 0.05) is 47.9 Å². The maximum atomic E-state index is 12.6. The van der Waals surface area contributed by atoms with Crippen LogP contribution in [-0.4, -0.2) is 27.3 Å². The Morgan fingerprint density at radius 1 is 1.26 bits per heavy atom. The second-order valence-corrected chi connectivity index (χ2v) is 5.91. The molecule has 2 aromatic heterocycles. The first-order valence-electron chi connectivity index (χ1n) is 7.21. The number of amides is 1. The molecule has 3 aromatic rings. The van der Waals surface area contributed by atoms with Gasteiger partial charge in [0.15, 0.2) is 0 Å². The van der Waals surface area contributed by atoms with E-state index in [4.69, 9.17) is 11.6 Å². The van der Waals surface area contributed by atoms with Crippen molar-refractivity contribution < 1.29 is 4.79 Å². The molecule has 3 heterocycles. The number of pyridine rings is 1. The number of H-pyrrole nitrogens is 1. The molecule has 4 rings (SSSR count). The fourth-order valence-electron chi connectivity index (χ4n) is 3.00. The van der Waals surface area contributed by atoms with Gasteiger partial charge in [-0.1, -0.05) is 29.8 Å². The molecule has 4 nitrogen and oxygen atoms in total. The fourth-order valence-corrected chi connectivity index (χ4v) is 3.16. The highest BCUT2D eigenvalue weighted by atomic mass is 35.5. The zero-order valence-corrected chi connectivity index (χ0v) is 13.8. The molecular formula is C17H15Cl2N3O. The molecule has 0 radical (unpaired) electrons. The van der Waals surface area contributed by atoms with E-state index in [1.54, 1.807) is 6.20 Å². The number of hydrogen-bond donors (Lipinski definition) is 1. The zero-order chi connectivity index (χ0) is 15.1. The van der Waals surface area contributed by atoms with Crippen LogP contribution in [0.4, 0.5) is 0 Å². The molecule has 0 atom stereocenters. The first-order chi connectivity index (χ1) is 10.7. The molecular weight excluding hydrogens is 333 g/mol. The molecule has 1 aromatic carbocycles. The van der Waals surface area contributed by atoms with E-state index in [0.29, 0.717) is 18.1 Å². The Morgan fingerprint density at radius 2 is 2.04 bits per heavy atom. The highest BCUT2D eigenvalue weighted by Crippen LogP contribution is 2.29. The highest BCUT2D eigenvalue weighted by molar-refractivity contribution is 6.31. The van der Waals surface area contributed by atoms with Crippen molar-refractivity contribution in [2.45, 2.75) is 13.0 Å². The van der Waals surface area contributed by atoms with Crippen molar-refractivity contribution in [1.82, 2.24) is 14.9 Å². The predicted octanol–water partition coefficient (Wildman–Crippen LogP) is 3.84. The summed E-state index contributed by atoms with van der Waals surface area (Å²) in [7, 11) is 0. The van der Waals surface area contributed by atoms with Crippen molar-refractivity contribution in [2.24, 2.45) is 0 Å². The lowest BCUT2D eigenvalue weighted by atomic mass is 10.0. The van der Waals surface area contributed by atoms with Crippen LogP contribution in [0.1, 0.15) is 21.6 Å². The summed E-state index contributed by atoms with van der Waals surface area (Å²) in [5.74, 6) is 0.0654. The molecule has 0 bridgehead atoms. The molecule has 118 valence electrons. The first-order valence-corrected chi connectivity index (χ1v) is 7.59. The van der Waals surface area contributed by atoms with E-state index >= 15 is 0 Å². The van der Waals surface area contributed by atoms with Gasteiger partial charge in [0.2, 0.25) is 0 Å². The van der Waals surface area contributed by atoms with Crippen molar-refractivity contribution in [3.05, 3.63) is 64.4 Å². The largest absolute Gasteiger partial charge is 0.343 e. The Bertz CT molecular complexity index is 861. The van der Waals surface area contributed by atoms with Gasteiger partial charge in [0.05, 0.1) is 5.02 Å². The number of aromatic nitrogens is 2. The number of nitrogens with zero attached hydrogens (tertiary/aromatic N) is 2. The Morgan fingerprint density at radius 3 is 2.83 bits per heavy atom. The van der Waals surface area contributed by atoms with Crippen LogP contribution in [-0.2, 0) is 13.0 Å². The van der Waals surface area contributed by atoms with E-state index < -0.39 is 0 Å². The average molecular weight is 348 g/mol. The van der Waals surface area contributed by atoms with Crippen LogP contribution in [0.3, 0.4) is 0 Å². The molecule has 1 aliphatic heterocycles. The highest BCUT2D eigenvalue weighted by Gasteiger charge is 2.25. The third-order valence-corrected chi connectivity index (χ3v) is 4.31. The van der Waals surface area contributed by atoms with Crippen molar-refractivity contribution in [3.63, 3.8) is 0 Å². The molecule has 0 spiro atoms. The summed E-state index contributed by atoms with van der Waals surface area (Å²) in [4.78, 5) is 22.1. The number of benzene rings is 1. The molecule has 0 unspecified atom stereocenters. The van der Waals surface area contributed by atoms with Crippen molar-refractivity contribution in [3.8, 4) is 0 Å². The number of nitrogens with one attached hydrogen (secondary N) is 1.